The van der Waals surface area contributed by atoms with E-state index in [0.29, 0.717) is 17.7 Å². The van der Waals surface area contributed by atoms with Gasteiger partial charge in [-0.1, -0.05) is 59.1 Å². The Morgan fingerprint density at radius 3 is 2.40 bits per heavy atom. The van der Waals surface area contributed by atoms with E-state index in [-0.39, 0.29) is 16.4 Å². The van der Waals surface area contributed by atoms with E-state index in [2.05, 4.69) is 45.7 Å². The first-order valence-electron chi connectivity index (χ1n) is 13.7. The second kappa shape index (κ2) is 14.2. The van der Waals surface area contributed by atoms with Crippen molar-refractivity contribution in [2.24, 2.45) is 0 Å². The number of likely N-dealkylation sites (tertiary alicyclic amines) is 1. The number of nitrogens with zero attached hydrogens (tertiary/aromatic N) is 1. The number of rotatable bonds is 14. The number of aryl methyl sites for hydroxylation is 1. The predicted molar refractivity (Wildman–Crippen MR) is 151 cm³/mol. The maximum absolute atomic E-state index is 11.7. The van der Waals surface area contributed by atoms with Crippen LogP contribution in [0.25, 0.3) is 0 Å². The molecule has 0 amide bonds. The number of hydrogen-bond donors (Lipinski definition) is 0. The zero-order chi connectivity index (χ0) is 26.1. The summed E-state index contributed by atoms with van der Waals surface area (Å²) in [5.41, 5.74) is 1.84. The van der Waals surface area contributed by atoms with Crippen molar-refractivity contribution in [2.75, 3.05) is 20.2 Å². The van der Waals surface area contributed by atoms with Crippen molar-refractivity contribution in [2.45, 2.75) is 121 Å². The van der Waals surface area contributed by atoms with E-state index in [1.165, 1.54) is 44.8 Å². The van der Waals surface area contributed by atoms with E-state index >= 15 is 0 Å². The standard InChI is InChI=1S/C29H50ClNO3Si/c1-8-9-10-12-25(34-35(6,7)29(2,3)4)13-11-21-31-22-20-26(30)27(31)19-16-23-14-17-24(18-15-23)28(32)33-5/h14-15,17-18,25-27H,8-13,16,19-22H2,1-7H3/t25-,26-,27+/m1/s1. The van der Waals surface area contributed by atoms with Gasteiger partial charge in [-0.25, -0.2) is 4.79 Å². The topological polar surface area (TPSA) is 38.8 Å². The molecule has 2 rings (SSSR count). The molecule has 3 atom stereocenters. The molecule has 0 aromatic heterocycles. The second-order valence-corrected chi connectivity index (χ2v) is 17.1. The summed E-state index contributed by atoms with van der Waals surface area (Å²) in [6, 6.07) is 8.19. The van der Waals surface area contributed by atoms with Gasteiger partial charge in [-0.15, -0.1) is 11.6 Å². The number of alkyl halides is 1. The van der Waals surface area contributed by atoms with Gasteiger partial charge in [0.25, 0.3) is 0 Å². The van der Waals surface area contributed by atoms with E-state index < -0.39 is 8.32 Å². The highest BCUT2D eigenvalue weighted by Gasteiger charge is 2.39. The Balaban J connectivity index is 1.89. The number of benzene rings is 1. The molecule has 1 fully saturated rings. The van der Waals surface area contributed by atoms with Gasteiger partial charge in [0.05, 0.1) is 18.1 Å². The Hall–Kier alpha value is -0.883. The first-order chi connectivity index (χ1) is 16.5. The lowest BCUT2D eigenvalue weighted by Gasteiger charge is -2.39. The molecule has 0 radical (unpaired) electrons. The third-order valence-electron chi connectivity index (χ3n) is 8.05. The van der Waals surface area contributed by atoms with Gasteiger partial charge in [0, 0.05) is 12.1 Å². The molecule has 0 spiro atoms. The molecule has 35 heavy (non-hydrogen) atoms. The second-order valence-electron chi connectivity index (χ2n) is 11.8. The highest BCUT2D eigenvalue weighted by atomic mass is 35.5. The maximum Gasteiger partial charge on any atom is 0.337 e. The molecule has 1 aromatic carbocycles. The molecule has 6 heteroatoms. The van der Waals surface area contributed by atoms with Gasteiger partial charge >= 0.3 is 5.97 Å². The van der Waals surface area contributed by atoms with E-state index in [0.717, 1.165) is 38.8 Å². The quantitative estimate of drug-likeness (QED) is 0.108. The lowest BCUT2D eigenvalue weighted by molar-refractivity contribution is 0.0600. The summed E-state index contributed by atoms with van der Waals surface area (Å²) >= 11 is 6.77. The van der Waals surface area contributed by atoms with Crippen LogP contribution >= 0.6 is 11.6 Å². The van der Waals surface area contributed by atoms with Gasteiger partial charge in [0.15, 0.2) is 8.32 Å². The molecule has 4 nitrogen and oxygen atoms in total. The summed E-state index contributed by atoms with van der Waals surface area (Å²) < 4.78 is 11.7. The van der Waals surface area contributed by atoms with Crippen LogP contribution in [0.15, 0.2) is 24.3 Å². The maximum atomic E-state index is 11.7. The molecule has 200 valence electrons. The molecule has 0 saturated carbocycles. The summed E-state index contributed by atoms with van der Waals surface area (Å²) in [6.07, 6.45) is 10.8. The SMILES string of the molecule is CCCCC[C@H](CCCN1CC[C@@H](Cl)[C@@H]1CCc1ccc(C(=O)OC)cc1)O[Si](C)(C)C(C)(C)C. The average Bonchev–Trinajstić information content (AvgIpc) is 3.15. The van der Waals surface area contributed by atoms with Crippen molar-refractivity contribution in [3.8, 4) is 0 Å². The fraction of sp³-hybridized carbons (Fsp3) is 0.759. The zero-order valence-corrected chi connectivity index (χ0v) is 25.1. The molecule has 0 unspecified atom stereocenters. The number of hydrogen-bond acceptors (Lipinski definition) is 4. The summed E-state index contributed by atoms with van der Waals surface area (Å²) in [5.74, 6) is -0.287. The minimum Gasteiger partial charge on any atom is -0.465 e. The Bertz CT molecular complexity index is 762. The third-order valence-corrected chi connectivity index (χ3v) is 13.1. The van der Waals surface area contributed by atoms with Crippen molar-refractivity contribution in [3.63, 3.8) is 0 Å². The van der Waals surface area contributed by atoms with Crippen LogP contribution in [0.3, 0.4) is 0 Å². The first-order valence-corrected chi connectivity index (χ1v) is 17.1. The van der Waals surface area contributed by atoms with Crippen molar-refractivity contribution in [3.05, 3.63) is 35.4 Å². The summed E-state index contributed by atoms with van der Waals surface area (Å²) in [4.78, 5) is 14.3. The number of esters is 1. The predicted octanol–water partition coefficient (Wildman–Crippen LogP) is 7.84. The van der Waals surface area contributed by atoms with Crippen LogP contribution in [0.1, 0.15) is 95.0 Å². The number of ether oxygens (including phenoxy) is 1. The lowest BCUT2D eigenvalue weighted by Crippen LogP contribution is -2.44. The van der Waals surface area contributed by atoms with E-state index in [4.69, 9.17) is 20.8 Å². The number of methoxy groups -OCH3 is 1. The molecular weight excluding hydrogens is 474 g/mol. The Kier molecular flexibility index (Phi) is 12.3. The minimum atomic E-state index is -1.76. The molecular formula is C29H50ClNO3Si. The summed E-state index contributed by atoms with van der Waals surface area (Å²) in [6.45, 7) is 16.2. The van der Waals surface area contributed by atoms with Crippen LogP contribution in [0.4, 0.5) is 0 Å². The molecule has 1 aliphatic heterocycles. The molecule has 1 aromatic rings. The molecule has 0 N–H and O–H groups in total. The van der Waals surface area contributed by atoms with E-state index in [1.54, 1.807) is 0 Å². The minimum absolute atomic E-state index is 0.216. The zero-order valence-electron chi connectivity index (χ0n) is 23.4. The van der Waals surface area contributed by atoms with Crippen LogP contribution in [0, 0.1) is 0 Å². The van der Waals surface area contributed by atoms with E-state index in [1.807, 2.05) is 24.3 Å². The normalized spacial score (nSPS) is 20.2. The Labute approximate surface area is 221 Å². The Morgan fingerprint density at radius 1 is 1.14 bits per heavy atom. The van der Waals surface area contributed by atoms with E-state index in [9.17, 15) is 4.79 Å². The highest BCUT2D eigenvalue weighted by molar-refractivity contribution is 6.74. The van der Waals surface area contributed by atoms with Gasteiger partial charge in [0.2, 0.25) is 0 Å². The summed E-state index contributed by atoms with van der Waals surface area (Å²) in [5, 5.41) is 0.463. The fourth-order valence-corrected chi connectivity index (χ4v) is 6.56. The number of carbonyl (C=O) groups is 1. The van der Waals surface area contributed by atoms with Crippen LogP contribution in [-0.2, 0) is 15.6 Å². The summed E-state index contributed by atoms with van der Waals surface area (Å²) in [7, 11) is -0.347. The smallest absolute Gasteiger partial charge is 0.337 e. The van der Waals surface area contributed by atoms with Gasteiger partial charge in [-0.05, 0) is 87.4 Å². The van der Waals surface area contributed by atoms with Crippen LogP contribution in [0.2, 0.25) is 18.1 Å². The highest BCUT2D eigenvalue weighted by Crippen LogP contribution is 2.38. The molecule has 1 aliphatic rings. The first kappa shape index (κ1) is 30.3. The molecule has 0 aliphatic carbocycles. The molecule has 1 heterocycles. The van der Waals surface area contributed by atoms with Crippen molar-refractivity contribution < 1.29 is 14.0 Å². The third kappa shape index (κ3) is 9.49. The fourth-order valence-electron chi connectivity index (χ4n) is 4.76. The lowest BCUT2D eigenvalue weighted by atomic mass is 10.0. The average molecular weight is 524 g/mol. The van der Waals surface area contributed by atoms with Gasteiger partial charge in [-0.3, -0.25) is 4.90 Å². The molecule has 1 saturated heterocycles. The van der Waals surface area contributed by atoms with Crippen molar-refractivity contribution >= 4 is 25.9 Å². The van der Waals surface area contributed by atoms with Gasteiger partial charge in [0.1, 0.15) is 0 Å². The van der Waals surface area contributed by atoms with Crippen LogP contribution in [-0.4, -0.2) is 56.9 Å². The Morgan fingerprint density at radius 2 is 1.80 bits per heavy atom. The van der Waals surface area contributed by atoms with Crippen molar-refractivity contribution in [1.29, 1.82) is 0 Å². The van der Waals surface area contributed by atoms with Crippen LogP contribution < -0.4 is 0 Å². The van der Waals surface area contributed by atoms with Gasteiger partial charge < -0.3 is 9.16 Å². The van der Waals surface area contributed by atoms with Crippen LogP contribution in [0.5, 0.6) is 0 Å². The number of halogens is 1. The van der Waals surface area contributed by atoms with Crippen molar-refractivity contribution in [1.82, 2.24) is 4.90 Å². The van der Waals surface area contributed by atoms with Gasteiger partial charge in [-0.2, -0.15) is 0 Å². The number of unbranched alkanes of at least 4 members (excludes halogenated alkanes) is 2. The largest absolute Gasteiger partial charge is 0.465 e. The molecule has 0 bridgehead atoms. The number of carbonyl (C=O) groups excluding carboxylic acids is 1. The monoisotopic (exact) mass is 523 g/mol.